The van der Waals surface area contributed by atoms with Crippen LogP contribution in [0, 0.1) is 12.8 Å². The number of rotatable bonds is 5. The fourth-order valence-electron chi connectivity index (χ4n) is 4.42. The first kappa shape index (κ1) is 18.0. The van der Waals surface area contributed by atoms with E-state index in [1.165, 1.54) is 16.7 Å². The third-order valence-electron chi connectivity index (χ3n) is 6.12. The Morgan fingerprint density at radius 3 is 2.76 bits per heavy atom. The molecule has 7 nitrogen and oxygen atoms in total. The highest BCUT2D eigenvalue weighted by Crippen LogP contribution is 2.46. The van der Waals surface area contributed by atoms with Gasteiger partial charge in [0.1, 0.15) is 0 Å². The Bertz CT molecular complexity index is 1130. The number of amides is 1. The Morgan fingerprint density at radius 1 is 1.24 bits per heavy atom. The maximum atomic E-state index is 12.4. The maximum absolute atomic E-state index is 12.4. The van der Waals surface area contributed by atoms with E-state index in [-0.39, 0.29) is 17.9 Å². The van der Waals surface area contributed by atoms with E-state index in [2.05, 4.69) is 57.9 Å². The molecule has 29 heavy (non-hydrogen) atoms. The number of carbonyl (C=O) groups is 1. The fraction of sp³-hybridized carbons (Fsp3) is 0.409. The second kappa shape index (κ2) is 6.76. The number of aromatic amines is 2. The van der Waals surface area contributed by atoms with Gasteiger partial charge in [-0.3, -0.25) is 15.0 Å². The second-order valence-corrected chi connectivity index (χ2v) is 8.17. The predicted octanol–water partition coefficient (Wildman–Crippen LogP) is 4.68. The molecule has 1 unspecified atom stereocenters. The minimum Gasteiger partial charge on any atom is -0.374 e. The zero-order chi connectivity index (χ0) is 20.1. The highest BCUT2D eigenvalue weighted by atomic mass is 16.2. The van der Waals surface area contributed by atoms with Gasteiger partial charge >= 0.3 is 0 Å². The van der Waals surface area contributed by atoms with Crippen LogP contribution < -0.4 is 10.6 Å². The van der Waals surface area contributed by atoms with Crippen molar-refractivity contribution < 1.29 is 4.79 Å². The van der Waals surface area contributed by atoms with Crippen LogP contribution in [-0.2, 0) is 4.79 Å². The van der Waals surface area contributed by atoms with Crippen LogP contribution in [0.2, 0.25) is 0 Å². The molecule has 3 aromatic rings. The van der Waals surface area contributed by atoms with Crippen LogP contribution in [0.3, 0.4) is 0 Å². The largest absolute Gasteiger partial charge is 0.374 e. The maximum Gasteiger partial charge on any atom is 0.228 e. The summed E-state index contributed by atoms with van der Waals surface area (Å²) >= 11 is 0. The number of H-pyrrole nitrogens is 2. The fourth-order valence-corrected chi connectivity index (χ4v) is 4.42. The van der Waals surface area contributed by atoms with Gasteiger partial charge in [-0.1, -0.05) is 13.3 Å². The van der Waals surface area contributed by atoms with Gasteiger partial charge in [-0.2, -0.15) is 10.2 Å². The van der Waals surface area contributed by atoms with Gasteiger partial charge in [-0.25, -0.2) is 0 Å². The highest BCUT2D eigenvalue weighted by molar-refractivity contribution is 6.09. The summed E-state index contributed by atoms with van der Waals surface area (Å²) in [4.78, 5) is 12.4. The summed E-state index contributed by atoms with van der Waals surface area (Å²) in [7, 11) is 0. The minimum absolute atomic E-state index is 0.0714. The van der Waals surface area contributed by atoms with Crippen molar-refractivity contribution in [3.8, 4) is 0 Å². The van der Waals surface area contributed by atoms with Crippen molar-refractivity contribution in [1.29, 1.82) is 0 Å². The first-order valence-corrected chi connectivity index (χ1v) is 10.4. The van der Waals surface area contributed by atoms with Crippen molar-refractivity contribution >= 4 is 33.9 Å². The van der Waals surface area contributed by atoms with Crippen molar-refractivity contribution in [2.75, 3.05) is 10.6 Å². The summed E-state index contributed by atoms with van der Waals surface area (Å²) in [6.07, 6.45) is 5.91. The Morgan fingerprint density at radius 2 is 2.07 bits per heavy atom. The van der Waals surface area contributed by atoms with Crippen LogP contribution in [0.4, 0.5) is 11.5 Å². The van der Waals surface area contributed by atoms with E-state index in [0.29, 0.717) is 5.82 Å². The Labute approximate surface area is 169 Å². The average Bonchev–Trinajstić information content (AvgIpc) is 3.37. The minimum atomic E-state index is 0.0714. The van der Waals surface area contributed by atoms with Gasteiger partial charge in [0.25, 0.3) is 0 Å². The molecule has 1 saturated carbocycles. The van der Waals surface area contributed by atoms with Gasteiger partial charge in [-0.05, 0) is 56.4 Å². The summed E-state index contributed by atoms with van der Waals surface area (Å²) in [5.74, 6) is 0.839. The molecule has 0 radical (unpaired) electrons. The molecule has 3 heterocycles. The van der Waals surface area contributed by atoms with Crippen molar-refractivity contribution in [2.24, 2.45) is 5.92 Å². The van der Waals surface area contributed by atoms with E-state index in [1.54, 1.807) is 0 Å². The number of nitrogens with zero attached hydrogens (tertiary/aromatic N) is 2. The van der Waals surface area contributed by atoms with Crippen LogP contribution in [0.25, 0.3) is 16.5 Å². The molecule has 5 rings (SSSR count). The monoisotopic (exact) mass is 390 g/mol. The summed E-state index contributed by atoms with van der Waals surface area (Å²) in [5, 5.41) is 22.6. The molecule has 0 spiro atoms. The van der Waals surface area contributed by atoms with Gasteiger partial charge < -0.3 is 10.6 Å². The van der Waals surface area contributed by atoms with E-state index in [1.807, 2.05) is 12.3 Å². The third-order valence-corrected chi connectivity index (χ3v) is 6.12. The number of hydrogen-bond acceptors (Lipinski definition) is 4. The number of aryl methyl sites for hydroxylation is 1. The first-order chi connectivity index (χ1) is 14.1. The van der Waals surface area contributed by atoms with Crippen LogP contribution in [0.5, 0.6) is 0 Å². The van der Waals surface area contributed by atoms with Gasteiger partial charge in [0.15, 0.2) is 5.82 Å². The van der Waals surface area contributed by atoms with E-state index < -0.39 is 0 Å². The number of hydrogen-bond donors (Lipinski definition) is 4. The molecule has 1 aromatic carbocycles. The molecule has 1 atom stereocenters. The van der Waals surface area contributed by atoms with E-state index in [4.69, 9.17) is 0 Å². The molecule has 1 fully saturated rings. The molecule has 0 bridgehead atoms. The van der Waals surface area contributed by atoms with Crippen LogP contribution in [-0.4, -0.2) is 26.3 Å². The smallest absolute Gasteiger partial charge is 0.228 e. The SMILES string of the molecule is CCCC1=C(C)c2c(ccc3[nH]nc(NC(=O)C4CC4)c23)NC1c1cn[nH]c1C. The Balaban J connectivity index is 1.66. The number of benzene rings is 1. The number of carbonyl (C=O) groups excluding carboxylic acids is 1. The standard InChI is InChI=1S/C22H26N6O/c1-4-5-14-11(2)18-16(24-20(14)15-10-23-26-12(15)3)8-9-17-19(18)21(28-27-17)25-22(29)13-6-7-13/h8-10,13,20,24H,4-7H2,1-3H3,(H,23,26)(H2,25,27,28,29). The molecule has 2 aromatic heterocycles. The van der Waals surface area contributed by atoms with E-state index in [9.17, 15) is 4.79 Å². The topological polar surface area (TPSA) is 98.5 Å². The second-order valence-electron chi connectivity index (χ2n) is 8.17. The lowest BCUT2D eigenvalue weighted by molar-refractivity contribution is -0.117. The summed E-state index contributed by atoms with van der Waals surface area (Å²) in [5.41, 5.74) is 7.98. The van der Waals surface area contributed by atoms with Crippen LogP contribution in [0.1, 0.15) is 62.4 Å². The van der Waals surface area contributed by atoms with Crippen LogP contribution >= 0.6 is 0 Å². The van der Waals surface area contributed by atoms with E-state index in [0.717, 1.165) is 53.5 Å². The van der Waals surface area contributed by atoms with Gasteiger partial charge in [-0.15, -0.1) is 0 Å². The number of fused-ring (bicyclic) bond motifs is 3. The molecule has 2 aliphatic rings. The molecular formula is C22H26N6O. The van der Waals surface area contributed by atoms with Gasteiger partial charge in [0, 0.05) is 28.4 Å². The lowest BCUT2D eigenvalue weighted by Gasteiger charge is -2.32. The summed E-state index contributed by atoms with van der Waals surface area (Å²) in [6.45, 7) is 6.45. The quantitative estimate of drug-likeness (QED) is 0.508. The van der Waals surface area contributed by atoms with Crippen molar-refractivity contribution in [3.05, 3.63) is 40.7 Å². The third kappa shape index (κ3) is 2.92. The zero-order valence-corrected chi connectivity index (χ0v) is 17.0. The molecule has 1 aliphatic heterocycles. The first-order valence-electron chi connectivity index (χ1n) is 10.4. The van der Waals surface area contributed by atoms with E-state index >= 15 is 0 Å². The zero-order valence-electron chi connectivity index (χ0n) is 17.0. The van der Waals surface area contributed by atoms with Gasteiger partial charge in [0.2, 0.25) is 5.91 Å². The Hall–Kier alpha value is -3.09. The highest BCUT2D eigenvalue weighted by Gasteiger charge is 2.32. The molecule has 1 aliphatic carbocycles. The number of nitrogens with one attached hydrogen (secondary N) is 4. The predicted molar refractivity (Wildman–Crippen MR) is 115 cm³/mol. The normalized spacial score (nSPS) is 18.7. The average molecular weight is 390 g/mol. The molecule has 0 saturated heterocycles. The van der Waals surface area contributed by atoms with Crippen molar-refractivity contribution in [2.45, 2.75) is 52.5 Å². The number of anilines is 2. The number of aromatic nitrogens is 4. The molecular weight excluding hydrogens is 364 g/mol. The van der Waals surface area contributed by atoms with Gasteiger partial charge in [0.05, 0.1) is 23.1 Å². The lowest BCUT2D eigenvalue weighted by Crippen LogP contribution is -2.20. The molecule has 7 heteroatoms. The van der Waals surface area contributed by atoms with Crippen molar-refractivity contribution in [1.82, 2.24) is 20.4 Å². The lowest BCUT2D eigenvalue weighted by atomic mass is 9.84. The van der Waals surface area contributed by atoms with Crippen molar-refractivity contribution in [3.63, 3.8) is 0 Å². The molecule has 4 N–H and O–H groups in total. The molecule has 1 amide bonds. The van der Waals surface area contributed by atoms with Crippen LogP contribution in [0.15, 0.2) is 23.9 Å². The summed E-state index contributed by atoms with van der Waals surface area (Å²) < 4.78 is 0. The summed E-state index contributed by atoms with van der Waals surface area (Å²) in [6, 6.07) is 4.21. The number of allylic oxidation sites excluding steroid dienone is 1. The Kier molecular flexibility index (Phi) is 4.19. The molecule has 150 valence electrons.